The zero-order chi connectivity index (χ0) is 29.5. The molecular formula is C25H31N6O9P. The number of ether oxygens (including phenoxy) is 3. The minimum absolute atomic E-state index is 0.0365. The van der Waals surface area contributed by atoms with Crippen molar-refractivity contribution in [2.24, 2.45) is 5.92 Å². The van der Waals surface area contributed by atoms with E-state index in [2.05, 4.69) is 26.6 Å². The Labute approximate surface area is 234 Å². The number of nitrogens with zero attached hydrogens (tertiary/aromatic N) is 3. The number of H-pyrrole nitrogens is 1. The van der Waals surface area contributed by atoms with Gasteiger partial charge in [-0.25, -0.2) is 9.55 Å². The average Bonchev–Trinajstić information content (AvgIpc) is 3.59. The number of rotatable bonds is 10. The van der Waals surface area contributed by atoms with Crippen molar-refractivity contribution in [3.8, 4) is 17.2 Å². The Hall–Kier alpha value is -3.91. The summed E-state index contributed by atoms with van der Waals surface area (Å²) in [5, 5.41) is 13.5. The molecule has 16 heteroatoms. The summed E-state index contributed by atoms with van der Waals surface area (Å²) in [6.45, 7) is 8.74. The number of nitrogens with one attached hydrogen (secondary N) is 2. The average molecular weight is 591 g/mol. The third-order valence-corrected chi connectivity index (χ3v) is 8.31. The van der Waals surface area contributed by atoms with E-state index in [0.29, 0.717) is 17.1 Å². The number of aromatic amines is 1. The predicted molar refractivity (Wildman–Crippen MR) is 145 cm³/mol. The topological polar surface area (TPSA) is 202 Å². The summed E-state index contributed by atoms with van der Waals surface area (Å²) in [4.78, 5) is 35.4. The molecule has 1 saturated carbocycles. The fourth-order valence-electron chi connectivity index (χ4n) is 4.69. The number of aliphatic hydroxyl groups is 1. The number of benzene rings is 1. The van der Waals surface area contributed by atoms with Crippen LogP contribution in [-0.4, -0.2) is 62.2 Å². The first-order valence-corrected chi connectivity index (χ1v) is 14.4. The molecule has 15 nitrogen and oxygen atoms in total. The van der Waals surface area contributed by atoms with Gasteiger partial charge in [-0.3, -0.25) is 19.1 Å². The minimum atomic E-state index is -4.25. The van der Waals surface area contributed by atoms with Crippen LogP contribution in [0.2, 0.25) is 0 Å². The summed E-state index contributed by atoms with van der Waals surface area (Å²) in [5.74, 6) is -0.397. The fourth-order valence-corrected chi connectivity index (χ4v) is 6.19. The quantitative estimate of drug-likeness (QED) is 0.152. The van der Waals surface area contributed by atoms with Gasteiger partial charge in [-0.1, -0.05) is 6.58 Å². The van der Waals surface area contributed by atoms with Gasteiger partial charge in [0.2, 0.25) is 12.7 Å². The van der Waals surface area contributed by atoms with Crippen LogP contribution in [0.5, 0.6) is 17.2 Å². The van der Waals surface area contributed by atoms with Crippen molar-refractivity contribution in [3.05, 3.63) is 47.0 Å². The maximum absolute atomic E-state index is 14.0. The van der Waals surface area contributed by atoms with Crippen molar-refractivity contribution in [2.75, 3.05) is 19.1 Å². The molecule has 3 heterocycles. The molecule has 1 aliphatic carbocycles. The lowest BCUT2D eigenvalue weighted by molar-refractivity contribution is -0.149. The van der Waals surface area contributed by atoms with E-state index in [0.717, 1.165) is 0 Å². The number of nitrogens with two attached hydrogens (primary N) is 1. The standard InChI is InChI=1S/C25H31N6O9P/c1-12(2)39-24(34)14(4)30-41(35,40-15-5-6-19-20(7-15)37-11-36-19)38-9-16-13(3)17(8-18(16)32)31-10-27-21-22(31)28-25(26)29-23(21)33/h5-7,10,12,14,16-18,32H,3,8-9,11H2,1-2,4H3,(H,30,35)(H3,26,28,29,33)/t14?,16-,17-,18-,41?/m0/s1. The predicted octanol–water partition coefficient (Wildman–Crippen LogP) is 2.04. The number of carbonyl (C=O) groups excluding carboxylic acids is 1. The van der Waals surface area contributed by atoms with E-state index < -0.39 is 49.5 Å². The SMILES string of the molecule is C=C1[C@H](COP(=O)(NC(C)C(=O)OC(C)C)Oc2ccc3c(c2)OCO3)[C@@H](O)C[C@@H]1n1cnc2c(=O)[nH]c(N)nc21. The molecule has 0 saturated heterocycles. The Bertz CT molecular complexity index is 1590. The molecule has 0 radical (unpaired) electrons. The van der Waals surface area contributed by atoms with Crippen molar-refractivity contribution in [1.82, 2.24) is 24.6 Å². The smallest absolute Gasteiger partial charge is 0.459 e. The van der Waals surface area contributed by atoms with E-state index in [1.807, 2.05) is 0 Å². The Morgan fingerprint density at radius 3 is 2.85 bits per heavy atom. The van der Waals surface area contributed by atoms with Crippen LogP contribution in [0, 0.1) is 5.92 Å². The van der Waals surface area contributed by atoms with E-state index in [-0.39, 0.29) is 42.7 Å². The van der Waals surface area contributed by atoms with Gasteiger partial charge in [-0.2, -0.15) is 10.1 Å². The number of aromatic nitrogens is 4. The highest BCUT2D eigenvalue weighted by Crippen LogP contribution is 2.49. The number of imidazole rings is 1. The van der Waals surface area contributed by atoms with Gasteiger partial charge in [-0.15, -0.1) is 0 Å². The normalized spacial score (nSPS) is 22.2. The highest BCUT2D eigenvalue weighted by Gasteiger charge is 2.41. The van der Waals surface area contributed by atoms with E-state index in [9.17, 15) is 19.3 Å². The number of nitrogen functional groups attached to an aromatic ring is 1. The molecule has 0 spiro atoms. The van der Waals surface area contributed by atoms with Crippen LogP contribution < -0.4 is 30.4 Å². The zero-order valence-electron chi connectivity index (χ0n) is 22.6. The van der Waals surface area contributed by atoms with Crippen molar-refractivity contribution in [2.45, 2.75) is 51.5 Å². The van der Waals surface area contributed by atoms with Gasteiger partial charge in [0, 0.05) is 12.0 Å². The van der Waals surface area contributed by atoms with Gasteiger partial charge in [0.25, 0.3) is 5.56 Å². The van der Waals surface area contributed by atoms with Crippen LogP contribution in [0.25, 0.3) is 11.2 Å². The van der Waals surface area contributed by atoms with Crippen LogP contribution >= 0.6 is 7.75 Å². The van der Waals surface area contributed by atoms with E-state index in [1.165, 1.54) is 25.4 Å². The van der Waals surface area contributed by atoms with Crippen molar-refractivity contribution < 1.29 is 37.7 Å². The molecule has 5 atom stereocenters. The number of carbonyl (C=O) groups is 1. The number of fused-ring (bicyclic) bond motifs is 2. The molecule has 2 aromatic heterocycles. The molecule has 41 heavy (non-hydrogen) atoms. The number of aliphatic hydroxyl groups excluding tert-OH is 1. The van der Waals surface area contributed by atoms with Gasteiger partial charge in [-0.05, 0) is 44.9 Å². The second-order valence-corrected chi connectivity index (χ2v) is 11.7. The molecule has 3 aromatic rings. The number of anilines is 1. The maximum Gasteiger partial charge on any atom is 0.459 e. The molecule has 1 fully saturated rings. The van der Waals surface area contributed by atoms with Crippen LogP contribution in [0.4, 0.5) is 5.95 Å². The molecular weight excluding hydrogens is 559 g/mol. The summed E-state index contributed by atoms with van der Waals surface area (Å²) < 4.78 is 43.0. The highest BCUT2D eigenvalue weighted by atomic mass is 31.2. The summed E-state index contributed by atoms with van der Waals surface area (Å²) in [5.41, 5.74) is 6.08. The largest absolute Gasteiger partial charge is 0.462 e. The molecule has 1 aromatic carbocycles. The molecule has 1 aliphatic heterocycles. The Morgan fingerprint density at radius 1 is 1.34 bits per heavy atom. The Kier molecular flexibility index (Phi) is 7.79. The molecule has 2 unspecified atom stereocenters. The zero-order valence-corrected chi connectivity index (χ0v) is 23.5. The summed E-state index contributed by atoms with van der Waals surface area (Å²) in [6, 6.07) is 3.04. The van der Waals surface area contributed by atoms with Crippen LogP contribution in [0.3, 0.4) is 0 Å². The second-order valence-electron chi connectivity index (χ2n) is 10.0. The van der Waals surface area contributed by atoms with Gasteiger partial charge >= 0.3 is 13.7 Å². The third kappa shape index (κ3) is 5.93. The molecule has 5 N–H and O–H groups in total. The van der Waals surface area contributed by atoms with Crippen molar-refractivity contribution >= 4 is 30.8 Å². The second kappa shape index (κ2) is 11.2. The Morgan fingerprint density at radius 2 is 2.10 bits per heavy atom. The van der Waals surface area contributed by atoms with Crippen molar-refractivity contribution in [1.29, 1.82) is 0 Å². The molecule has 2 aliphatic rings. The first-order chi connectivity index (χ1) is 19.4. The van der Waals surface area contributed by atoms with Crippen LogP contribution in [0.1, 0.15) is 33.2 Å². The van der Waals surface area contributed by atoms with E-state index >= 15 is 0 Å². The monoisotopic (exact) mass is 590 g/mol. The maximum atomic E-state index is 14.0. The molecule has 0 bridgehead atoms. The first kappa shape index (κ1) is 28.6. The van der Waals surface area contributed by atoms with E-state index in [4.69, 9.17) is 29.0 Å². The third-order valence-electron chi connectivity index (χ3n) is 6.67. The minimum Gasteiger partial charge on any atom is -0.462 e. The lowest BCUT2D eigenvalue weighted by Crippen LogP contribution is -2.36. The summed E-state index contributed by atoms with van der Waals surface area (Å²) in [6.07, 6.45) is 0.280. The lowest BCUT2D eigenvalue weighted by atomic mass is 10.0. The van der Waals surface area contributed by atoms with Crippen molar-refractivity contribution in [3.63, 3.8) is 0 Å². The first-order valence-electron chi connectivity index (χ1n) is 12.9. The summed E-state index contributed by atoms with van der Waals surface area (Å²) in [7, 11) is -4.25. The van der Waals surface area contributed by atoms with Crippen LogP contribution in [-0.2, 0) is 18.6 Å². The summed E-state index contributed by atoms with van der Waals surface area (Å²) >= 11 is 0. The van der Waals surface area contributed by atoms with Gasteiger partial charge in [0.1, 0.15) is 11.8 Å². The number of hydrogen-bond donors (Lipinski definition) is 4. The van der Waals surface area contributed by atoms with Crippen LogP contribution in [0.15, 0.2) is 41.5 Å². The van der Waals surface area contributed by atoms with Gasteiger partial charge in [0.05, 0.1) is 31.2 Å². The molecule has 5 rings (SSSR count). The molecule has 220 valence electrons. The number of esters is 1. The fraction of sp³-hybridized carbons (Fsp3) is 0.440. The molecule has 0 amide bonds. The highest BCUT2D eigenvalue weighted by molar-refractivity contribution is 7.52. The lowest BCUT2D eigenvalue weighted by Gasteiger charge is -2.25. The van der Waals surface area contributed by atoms with Gasteiger partial charge < -0.3 is 34.1 Å². The number of hydrogen-bond acceptors (Lipinski definition) is 12. The van der Waals surface area contributed by atoms with Gasteiger partial charge in [0.15, 0.2) is 22.7 Å². The Balaban J connectivity index is 1.36. The van der Waals surface area contributed by atoms with E-state index in [1.54, 1.807) is 24.5 Å².